The summed E-state index contributed by atoms with van der Waals surface area (Å²) in [4.78, 5) is 44.6. The van der Waals surface area contributed by atoms with Crippen LogP contribution >= 0.6 is 0 Å². The molecule has 174 valence electrons. The molecule has 3 atom stereocenters. The molecule has 32 heavy (non-hydrogen) atoms. The number of rotatable bonds is 5. The average Bonchev–Trinajstić information content (AvgIpc) is 3.06. The van der Waals surface area contributed by atoms with Crippen molar-refractivity contribution in [3.63, 3.8) is 0 Å². The second kappa shape index (κ2) is 9.30. The third-order valence-electron chi connectivity index (χ3n) is 5.71. The van der Waals surface area contributed by atoms with Crippen LogP contribution in [0.2, 0.25) is 0 Å². The van der Waals surface area contributed by atoms with Crippen molar-refractivity contribution in [3.05, 3.63) is 40.3 Å². The van der Waals surface area contributed by atoms with Gasteiger partial charge in [0.25, 0.3) is 5.56 Å². The highest BCUT2D eigenvalue weighted by Crippen LogP contribution is 2.32. The van der Waals surface area contributed by atoms with E-state index in [9.17, 15) is 14.4 Å². The van der Waals surface area contributed by atoms with Gasteiger partial charge in [0.15, 0.2) is 0 Å². The number of amides is 1. The minimum absolute atomic E-state index is 0.0584. The topological polar surface area (TPSA) is 90.7 Å². The number of ether oxygens (including phenoxy) is 2. The molecule has 1 aromatic carbocycles. The van der Waals surface area contributed by atoms with Gasteiger partial charge in [0.1, 0.15) is 5.60 Å². The van der Waals surface area contributed by atoms with Crippen molar-refractivity contribution in [3.8, 4) is 0 Å². The van der Waals surface area contributed by atoms with Gasteiger partial charge in [-0.2, -0.15) is 0 Å². The number of hydrogen-bond donors (Lipinski definition) is 0. The Hall–Kier alpha value is -2.90. The van der Waals surface area contributed by atoms with Crippen LogP contribution in [0.4, 0.5) is 4.79 Å². The molecule has 1 aromatic heterocycles. The Morgan fingerprint density at radius 3 is 2.56 bits per heavy atom. The average molecular weight is 444 g/mol. The zero-order chi connectivity index (χ0) is 23.6. The van der Waals surface area contributed by atoms with Gasteiger partial charge in [-0.3, -0.25) is 4.79 Å². The molecule has 2 aromatic rings. The zero-order valence-electron chi connectivity index (χ0n) is 19.8. The molecule has 1 aliphatic heterocycles. The van der Waals surface area contributed by atoms with Crippen molar-refractivity contribution >= 4 is 23.1 Å². The first-order valence-electron chi connectivity index (χ1n) is 11.2. The molecule has 3 rings (SSSR count). The second-order valence-corrected chi connectivity index (χ2v) is 9.40. The number of carbonyl (C=O) groups is 2. The van der Waals surface area contributed by atoms with Crippen LogP contribution in [0.5, 0.6) is 0 Å². The van der Waals surface area contributed by atoms with Gasteiger partial charge in [-0.05, 0) is 72.9 Å². The fraction of sp³-hybridized carbons (Fsp3) is 0.583. The van der Waals surface area contributed by atoms with Crippen LogP contribution < -0.4 is 5.56 Å². The van der Waals surface area contributed by atoms with Crippen molar-refractivity contribution in [1.29, 1.82) is 0 Å². The summed E-state index contributed by atoms with van der Waals surface area (Å²) >= 11 is 0. The summed E-state index contributed by atoms with van der Waals surface area (Å²) in [6.07, 6.45) is 1.92. The molecule has 0 saturated carbocycles. The predicted molar refractivity (Wildman–Crippen MR) is 122 cm³/mol. The summed E-state index contributed by atoms with van der Waals surface area (Å²) < 4.78 is 12.3. The van der Waals surface area contributed by atoms with Gasteiger partial charge >= 0.3 is 12.1 Å². The molecule has 0 bridgehead atoms. The lowest BCUT2D eigenvalue weighted by molar-refractivity contribution is 0.0144. The van der Waals surface area contributed by atoms with Crippen LogP contribution in [0.3, 0.4) is 0 Å². The maximum absolute atomic E-state index is 13.3. The van der Waals surface area contributed by atoms with Crippen molar-refractivity contribution in [2.24, 2.45) is 0 Å². The summed E-state index contributed by atoms with van der Waals surface area (Å²) in [5, 5.41) is 0. The van der Waals surface area contributed by atoms with E-state index in [1.54, 1.807) is 22.5 Å². The van der Waals surface area contributed by atoms with Gasteiger partial charge < -0.3 is 18.9 Å². The Kier molecular flexibility index (Phi) is 6.91. The first kappa shape index (κ1) is 23.8. The first-order valence-corrected chi connectivity index (χ1v) is 11.2. The molecule has 1 aliphatic rings. The summed E-state index contributed by atoms with van der Waals surface area (Å²) in [5.41, 5.74) is -0.0908. The monoisotopic (exact) mass is 443 g/mol. The van der Waals surface area contributed by atoms with Crippen molar-refractivity contribution < 1.29 is 19.1 Å². The highest BCUT2D eigenvalue weighted by molar-refractivity contribution is 5.89. The number of fused-ring (bicyclic) bond motifs is 1. The van der Waals surface area contributed by atoms with E-state index in [1.165, 1.54) is 0 Å². The molecular weight excluding hydrogens is 410 g/mol. The summed E-state index contributed by atoms with van der Waals surface area (Å²) in [7, 11) is 0. The molecule has 1 fully saturated rings. The summed E-state index contributed by atoms with van der Waals surface area (Å²) in [6.45, 7) is 11.3. The van der Waals surface area contributed by atoms with Crippen LogP contribution in [0.25, 0.3) is 11.0 Å². The Labute approximate surface area is 188 Å². The smallest absolute Gasteiger partial charge is 0.410 e. The lowest BCUT2D eigenvalue weighted by Crippen LogP contribution is -2.44. The van der Waals surface area contributed by atoms with Crippen LogP contribution in [0.1, 0.15) is 77.3 Å². The Morgan fingerprint density at radius 1 is 1.22 bits per heavy atom. The molecule has 3 unspecified atom stereocenters. The molecule has 0 spiro atoms. The van der Waals surface area contributed by atoms with E-state index >= 15 is 0 Å². The van der Waals surface area contributed by atoms with Crippen molar-refractivity contribution in [1.82, 2.24) is 14.5 Å². The molecule has 0 N–H and O–H groups in total. The SMILES string of the molecule is CCOC(=O)c1nc2ccccc2n(C(C)CC2CCC(C)N2C(=O)OC(C)(C)C)c1=O. The number of likely N-dealkylation sites (tertiary alicyclic amines) is 1. The Morgan fingerprint density at radius 2 is 1.91 bits per heavy atom. The normalized spacial score (nSPS) is 19.8. The van der Waals surface area contributed by atoms with E-state index in [0.717, 1.165) is 12.8 Å². The lowest BCUT2D eigenvalue weighted by atomic mass is 10.1. The van der Waals surface area contributed by atoms with Crippen LogP contribution in [0, 0.1) is 0 Å². The third kappa shape index (κ3) is 4.95. The number of carbonyl (C=O) groups excluding carboxylic acids is 2. The van der Waals surface area contributed by atoms with Gasteiger partial charge in [-0.1, -0.05) is 12.1 Å². The third-order valence-corrected chi connectivity index (χ3v) is 5.71. The second-order valence-electron chi connectivity index (χ2n) is 9.40. The van der Waals surface area contributed by atoms with E-state index in [2.05, 4.69) is 4.98 Å². The van der Waals surface area contributed by atoms with Gasteiger partial charge in [0.05, 0.1) is 17.6 Å². The van der Waals surface area contributed by atoms with E-state index in [0.29, 0.717) is 17.5 Å². The van der Waals surface area contributed by atoms with Gasteiger partial charge in [0.2, 0.25) is 5.69 Å². The zero-order valence-corrected chi connectivity index (χ0v) is 19.8. The quantitative estimate of drug-likeness (QED) is 0.640. The minimum atomic E-state index is -0.728. The van der Waals surface area contributed by atoms with Gasteiger partial charge in [0, 0.05) is 18.1 Å². The highest BCUT2D eigenvalue weighted by atomic mass is 16.6. The van der Waals surface area contributed by atoms with Crippen LogP contribution in [-0.4, -0.2) is 50.8 Å². The fourth-order valence-corrected chi connectivity index (χ4v) is 4.37. The van der Waals surface area contributed by atoms with Crippen LogP contribution in [0.15, 0.2) is 29.1 Å². The van der Waals surface area contributed by atoms with Crippen LogP contribution in [-0.2, 0) is 9.47 Å². The molecule has 8 nitrogen and oxygen atoms in total. The molecule has 0 aliphatic carbocycles. The number of aromatic nitrogens is 2. The molecule has 8 heteroatoms. The Balaban J connectivity index is 1.96. The number of nitrogens with zero attached hydrogens (tertiary/aromatic N) is 3. The Bertz CT molecular complexity index is 1060. The fourth-order valence-electron chi connectivity index (χ4n) is 4.37. The lowest BCUT2D eigenvalue weighted by Gasteiger charge is -2.33. The molecule has 1 amide bonds. The minimum Gasteiger partial charge on any atom is -0.461 e. The molecular formula is C24H33N3O5. The van der Waals surface area contributed by atoms with Gasteiger partial charge in [-0.25, -0.2) is 14.6 Å². The summed E-state index contributed by atoms with van der Waals surface area (Å²) in [6, 6.07) is 6.95. The van der Waals surface area contributed by atoms with Gasteiger partial charge in [-0.15, -0.1) is 0 Å². The van der Waals surface area contributed by atoms with E-state index < -0.39 is 17.1 Å². The van der Waals surface area contributed by atoms with E-state index in [-0.39, 0.29) is 36.5 Å². The standard InChI is InChI=1S/C24H33N3O5/c1-7-31-22(29)20-21(28)27(19-11-9-8-10-18(19)25-20)16(3)14-17-13-12-15(2)26(17)23(30)32-24(4,5)6/h8-11,15-17H,7,12-14H2,1-6H3. The maximum atomic E-state index is 13.3. The van der Waals surface area contributed by atoms with E-state index in [1.807, 2.05) is 52.8 Å². The first-order chi connectivity index (χ1) is 15.0. The molecule has 0 radical (unpaired) electrons. The largest absolute Gasteiger partial charge is 0.461 e. The van der Waals surface area contributed by atoms with E-state index in [4.69, 9.17) is 9.47 Å². The number of hydrogen-bond acceptors (Lipinski definition) is 6. The molecule has 2 heterocycles. The maximum Gasteiger partial charge on any atom is 0.410 e. The summed E-state index contributed by atoms with van der Waals surface area (Å²) in [5.74, 6) is -0.728. The predicted octanol–water partition coefficient (Wildman–Crippen LogP) is 4.31. The van der Waals surface area contributed by atoms with Crippen molar-refractivity contribution in [2.45, 2.75) is 84.5 Å². The number of benzene rings is 1. The highest BCUT2D eigenvalue weighted by Gasteiger charge is 2.38. The van der Waals surface area contributed by atoms with Crippen molar-refractivity contribution in [2.75, 3.05) is 6.61 Å². The number of para-hydroxylation sites is 2. The number of esters is 1. The molecule has 1 saturated heterocycles.